The lowest BCUT2D eigenvalue weighted by atomic mass is 9.99. The van der Waals surface area contributed by atoms with Gasteiger partial charge in [-0.2, -0.15) is 0 Å². The molecule has 0 saturated heterocycles. The van der Waals surface area contributed by atoms with E-state index in [1.165, 1.54) is 59.7 Å². The number of benzene rings is 10. The summed E-state index contributed by atoms with van der Waals surface area (Å²) in [5, 5.41) is 13.6. The topological polar surface area (TPSA) is 41.7 Å². The molecule has 1 N–H and O–H groups in total. The maximum Gasteiger partial charge on any atom is 0.169 e. The van der Waals surface area contributed by atoms with Crippen molar-refractivity contribution >= 4 is 65.8 Å². The lowest BCUT2D eigenvalue weighted by molar-refractivity contribution is 0.756. The molecule has 4 nitrogen and oxygen atoms in total. The van der Waals surface area contributed by atoms with Gasteiger partial charge in [0.1, 0.15) is 11.7 Å². The molecule has 1 atom stereocenters. The van der Waals surface area contributed by atoms with Crippen molar-refractivity contribution in [2.24, 2.45) is 9.98 Å². The van der Waals surface area contributed by atoms with Gasteiger partial charge in [0.05, 0.1) is 11.0 Å². The van der Waals surface area contributed by atoms with Gasteiger partial charge >= 0.3 is 0 Å². The fraction of sp³-hybridized carbons (Fsp3) is 0.0175. The quantitative estimate of drug-likeness (QED) is 0.179. The van der Waals surface area contributed by atoms with Crippen molar-refractivity contribution in [2.45, 2.75) is 6.17 Å². The van der Waals surface area contributed by atoms with E-state index >= 15 is 0 Å². The molecular weight excluding hydrogens is 741 g/mol. The van der Waals surface area contributed by atoms with Crippen LogP contribution in [-0.4, -0.2) is 16.2 Å². The Hall–Kier alpha value is -8.08. The summed E-state index contributed by atoms with van der Waals surface area (Å²) >= 11 is 0. The number of amidine groups is 2. The number of rotatable bonds is 6. The van der Waals surface area contributed by atoms with Gasteiger partial charge in [0.25, 0.3) is 0 Å². The predicted octanol–water partition coefficient (Wildman–Crippen LogP) is 14.1. The first-order chi connectivity index (χ1) is 30.2. The van der Waals surface area contributed by atoms with Crippen LogP contribution < -0.4 is 5.32 Å². The molecule has 0 aliphatic carbocycles. The Morgan fingerprint density at radius 1 is 0.344 bits per heavy atom. The monoisotopic (exact) mass is 778 g/mol. The van der Waals surface area contributed by atoms with Gasteiger partial charge in [-0.1, -0.05) is 176 Å². The Balaban J connectivity index is 0.940. The highest BCUT2D eigenvalue weighted by molar-refractivity contribution is 6.23. The summed E-state index contributed by atoms with van der Waals surface area (Å²) in [6, 6.07) is 78.4. The molecule has 0 amide bonds. The number of aromatic nitrogens is 1. The van der Waals surface area contributed by atoms with Gasteiger partial charge in [0, 0.05) is 27.6 Å². The minimum Gasteiger partial charge on any atom is -0.324 e. The van der Waals surface area contributed by atoms with Crippen LogP contribution in [0, 0.1) is 0 Å². The van der Waals surface area contributed by atoms with Gasteiger partial charge in [0.15, 0.2) is 6.17 Å². The molecule has 0 saturated carbocycles. The standard InChI is InChI=1S/C57H38N4/c1-2-14-40(15-3-1)55-58-56(41-27-24-38(25-28-41)47-29-26-37-12-4-5-16-42(37)32-47)60-57(59-55)48-21-10-19-43(33-48)44-20-11-22-49(34-44)61-52-31-30-39-13-8-9-23-50(39)54(52)51-35-45-17-6-7-18-46(45)36-53(51)61/h1-36,57H,(H,58,59,60). The molecule has 11 aromatic rings. The van der Waals surface area contributed by atoms with E-state index in [0.717, 1.165) is 50.7 Å². The van der Waals surface area contributed by atoms with Gasteiger partial charge in [0.2, 0.25) is 0 Å². The van der Waals surface area contributed by atoms with E-state index in [9.17, 15) is 0 Å². The Morgan fingerprint density at radius 3 is 1.69 bits per heavy atom. The van der Waals surface area contributed by atoms with E-state index in [-0.39, 0.29) is 0 Å². The molecule has 0 radical (unpaired) electrons. The molecule has 1 aromatic heterocycles. The summed E-state index contributed by atoms with van der Waals surface area (Å²) in [4.78, 5) is 10.5. The molecule has 1 aliphatic rings. The summed E-state index contributed by atoms with van der Waals surface area (Å²) in [6.45, 7) is 0. The maximum absolute atomic E-state index is 5.27. The first-order valence-corrected chi connectivity index (χ1v) is 20.8. The lowest BCUT2D eigenvalue weighted by Gasteiger charge is -2.23. The van der Waals surface area contributed by atoms with Gasteiger partial charge < -0.3 is 9.88 Å². The highest BCUT2D eigenvalue weighted by atomic mass is 15.2. The zero-order valence-electron chi connectivity index (χ0n) is 33.2. The summed E-state index contributed by atoms with van der Waals surface area (Å²) < 4.78 is 2.43. The Labute approximate surface area is 353 Å². The SMILES string of the molecule is c1ccc(C2=NC(c3cccc(-c4cccc(-n5c6cc7ccccc7cc6c6c7ccccc7ccc65)c4)c3)N=C(c3ccc(-c4ccc5ccccc5c4)cc3)N2)cc1. The van der Waals surface area contributed by atoms with E-state index in [2.05, 4.69) is 210 Å². The Kier molecular flexibility index (Phi) is 8.20. The van der Waals surface area contributed by atoms with Gasteiger partial charge in [-0.15, -0.1) is 0 Å². The fourth-order valence-electron chi connectivity index (χ4n) is 9.13. The van der Waals surface area contributed by atoms with Crippen molar-refractivity contribution in [1.29, 1.82) is 0 Å². The van der Waals surface area contributed by atoms with Crippen molar-refractivity contribution in [3.8, 4) is 27.9 Å². The predicted molar refractivity (Wildman–Crippen MR) is 256 cm³/mol. The van der Waals surface area contributed by atoms with Crippen LogP contribution in [0.4, 0.5) is 0 Å². The van der Waals surface area contributed by atoms with Crippen LogP contribution in [0.2, 0.25) is 0 Å². The van der Waals surface area contributed by atoms with E-state index in [4.69, 9.17) is 9.98 Å². The number of nitrogens with zero attached hydrogens (tertiary/aromatic N) is 3. The molecule has 1 unspecified atom stereocenters. The number of hydrogen-bond donors (Lipinski definition) is 1. The Bertz CT molecular complexity index is 3560. The van der Waals surface area contributed by atoms with E-state index < -0.39 is 6.17 Å². The number of aliphatic imine (C=N–C) groups is 2. The van der Waals surface area contributed by atoms with Gasteiger partial charge in [-0.25, -0.2) is 9.98 Å². The molecule has 4 heteroatoms. The molecular formula is C57H38N4. The minimum absolute atomic E-state index is 0.436. The second-order valence-electron chi connectivity index (χ2n) is 15.9. The molecule has 0 bridgehead atoms. The van der Waals surface area contributed by atoms with Crippen LogP contribution in [0.15, 0.2) is 228 Å². The number of nitrogens with one attached hydrogen (secondary N) is 1. The van der Waals surface area contributed by atoms with Crippen molar-refractivity contribution in [2.75, 3.05) is 0 Å². The molecule has 2 heterocycles. The van der Waals surface area contributed by atoms with Crippen molar-refractivity contribution in [3.05, 3.63) is 235 Å². The van der Waals surface area contributed by atoms with E-state index in [0.29, 0.717) is 0 Å². The molecule has 0 fully saturated rings. The second-order valence-corrected chi connectivity index (χ2v) is 15.9. The third-order valence-electron chi connectivity index (χ3n) is 12.2. The molecule has 286 valence electrons. The average Bonchev–Trinajstić information content (AvgIpc) is 3.67. The first kappa shape index (κ1) is 34.9. The molecule has 0 spiro atoms. The highest BCUT2D eigenvalue weighted by Gasteiger charge is 2.22. The highest BCUT2D eigenvalue weighted by Crippen LogP contribution is 2.40. The van der Waals surface area contributed by atoms with E-state index in [1.807, 2.05) is 18.2 Å². The third kappa shape index (κ3) is 6.16. The van der Waals surface area contributed by atoms with Gasteiger partial charge in [-0.05, 0) is 103 Å². The van der Waals surface area contributed by atoms with Crippen LogP contribution in [0.25, 0.3) is 82.1 Å². The molecule has 12 rings (SSSR count). The van der Waals surface area contributed by atoms with E-state index in [1.54, 1.807) is 0 Å². The van der Waals surface area contributed by atoms with Crippen LogP contribution in [-0.2, 0) is 0 Å². The second kappa shape index (κ2) is 14.3. The maximum atomic E-state index is 5.27. The lowest BCUT2D eigenvalue weighted by Crippen LogP contribution is -2.36. The number of fused-ring (bicyclic) bond motifs is 7. The van der Waals surface area contributed by atoms with Crippen LogP contribution >= 0.6 is 0 Å². The zero-order chi connectivity index (χ0) is 40.3. The summed E-state index contributed by atoms with van der Waals surface area (Å²) in [5.74, 6) is 1.59. The Morgan fingerprint density at radius 2 is 0.902 bits per heavy atom. The smallest absolute Gasteiger partial charge is 0.169 e. The molecule has 1 aliphatic heterocycles. The van der Waals surface area contributed by atoms with Gasteiger partial charge in [-0.3, -0.25) is 0 Å². The zero-order valence-corrected chi connectivity index (χ0v) is 33.2. The molecule has 10 aromatic carbocycles. The van der Waals surface area contributed by atoms with Crippen molar-refractivity contribution in [1.82, 2.24) is 9.88 Å². The number of hydrogen-bond acceptors (Lipinski definition) is 3. The van der Waals surface area contributed by atoms with Crippen molar-refractivity contribution < 1.29 is 0 Å². The fourth-order valence-corrected chi connectivity index (χ4v) is 9.13. The van der Waals surface area contributed by atoms with Crippen LogP contribution in [0.1, 0.15) is 22.9 Å². The average molecular weight is 779 g/mol. The van der Waals surface area contributed by atoms with Crippen molar-refractivity contribution in [3.63, 3.8) is 0 Å². The normalized spacial score (nSPS) is 14.1. The largest absolute Gasteiger partial charge is 0.324 e. The summed E-state index contributed by atoms with van der Waals surface area (Å²) in [5.41, 5.74) is 11.2. The van der Waals surface area contributed by atoms with Crippen LogP contribution in [0.3, 0.4) is 0 Å². The van der Waals surface area contributed by atoms with Crippen LogP contribution in [0.5, 0.6) is 0 Å². The first-order valence-electron chi connectivity index (χ1n) is 20.8. The minimum atomic E-state index is -0.436. The summed E-state index contributed by atoms with van der Waals surface area (Å²) in [6.07, 6.45) is -0.436. The molecule has 61 heavy (non-hydrogen) atoms. The summed E-state index contributed by atoms with van der Waals surface area (Å²) in [7, 11) is 0. The third-order valence-corrected chi connectivity index (χ3v) is 12.2.